The van der Waals surface area contributed by atoms with E-state index in [9.17, 15) is 9.18 Å². The summed E-state index contributed by atoms with van der Waals surface area (Å²) < 4.78 is 18.9. The number of carbonyl (C=O) groups excluding carboxylic acids is 1. The molecular formula is C13H16FNO2. The van der Waals surface area contributed by atoms with Crippen LogP contribution < -0.4 is 0 Å². The second-order valence-electron chi connectivity index (χ2n) is 4.41. The molecule has 1 atom stereocenters. The number of nitrogens with zero attached hydrogens (tertiary/aromatic N) is 1. The molecule has 0 saturated carbocycles. The normalized spacial score (nSPS) is 20.4. The lowest BCUT2D eigenvalue weighted by molar-refractivity contribution is 0.00334. The zero-order valence-electron chi connectivity index (χ0n) is 10.1. The van der Waals surface area contributed by atoms with Gasteiger partial charge in [0.15, 0.2) is 0 Å². The highest BCUT2D eigenvalue weighted by Crippen LogP contribution is 2.16. The number of halogens is 1. The topological polar surface area (TPSA) is 29.5 Å². The lowest BCUT2D eigenvalue weighted by Gasteiger charge is -2.33. The zero-order valence-corrected chi connectivity index (χ0v) is 10.1. The molecule has 1 amide bonds. The number of aryl methyl sites for hydroxylation is 1. The summed E-state index contributed by atoms with van der Waals surface area (Å²) in [5, 5.41) is 0. The standard InChI is InChI=1S/C13H16FNO2/c1-9-3-4-12(14)11(7-9)13(16)15-5-6-17-8-10(15)2/h3-4,7,10H,5-6,8H2,1-2H3/t10-/m1/s1. The van der Waals surface area contributed by atoms with Gasteiger partial charge in [0.05, 0.1) is 24.8 Å². The van der Waals surface area contributed by atoms with Crippen LogP contribution in [0, 0.1) is 12.7 Å². The Morgan fingerprint density at radius 2 is 2.29 bits per heavy atom. The average molecular weight is 237 g/mol. The van der Waals surface area contributed by atoms with Gasteiger partial charge in [-0.2, -0.15) is 0 Å². The van der Waals surface area contributed by atoms with Crippen molar-refractivity contribution in [3.8, 4) is 0 Å². The lowest BCUT2D eigenvalue weighted by atomic mass is 10.1. The molecule has 0 N–H and O–H groups in total. The Morgan fingerprint density at radius 1 is 1.53 bits per heavy atom. The first-order chi connectivity index (χ1) is 8.09. The summed E-state index contributed by atoms with van der Waals surface area (Å²) in [4.78, 5) is 13.9. The fraction of sp³-hybridized carbons (Fsp3) is 0.462. The molecule has 1 aliphatic heterocycles. The van der Waals surface area contributed by atoms with E-state index in [4.69, 9.17) is 4.74 Å². The van der Waals surface area contributed by atoms with Gasteiger partial charge in [0.25, 0.3) is 5.91 Å². The van der Waals surface area contributed by atoms with Crippen molar-refractivity contribution in [1.29, 1.82) is 0 Å². The van der Waals surface area contributed by atoms with Crippen molar-refractivity contribution in [2.75, 3.05) is 19.8 Å². The number of benzene rings is 1. The van der Waals surface area contributed by atoms with Gasteiger partial charge >= 0.3 is 0 Å². The zero-order chi connectivity index (χ0) is 12.4. The molecular weight excluding hydrogens is 221 g/mol. The Hall–Kier alpha value is -1.42. The molecule has 1 saturated heterocycles. The number of amides is 1. The number of morpholine rings is 1. The monoisotopic (exact) mass is 237 g/mol. The van der Waals surface area contributed by atoms with Crippen molar-refractivity contribution < 1.29 is 13.9 Å². The number of rotatable bonds is 1. The first-order valence-corrected chi connectivity index (χ1v) is 5.74. The molecule has 0 aromatic heterocycles. The predicted molar refractivity (Wildman–Crippen MR) is 62.5 cm³/mol. The maximum absolute atomic E-state index is 13.6. The second kappa shape index (κ2) is 4.84. The molecule has 0 aliphatic carbocycles. The van der Waals surface area contributed by atoms with Gasteiger partial charge in [-0.25, -0.2) is 4.39 Å². The van der Waals surface area contributed by atoms with Gasteiger partial charge in [0.2, 0.25) is 0 Å². The lowest BCUT2D eigenvalue weighted by Crippen LogP contribution is -2.47. The molecule has 0 unspecified atom stereocenters. The first-order valence-electron chi connectivity index (χ1n) is 5.74. The Balaban J connectivity index is 2.26. The van der Waals surface area contributed by atoms with E-state index in [1.54, 1.807) is 17.0 Å². The molecule has 1 aliphatic rings. The van der Waals surface area contributed by atoms with Crippen LogP contribution in [0.15, 0.2) is 18.2 Å². The highest BCUT2D eigenvalue weighted by molar-refractivity contribution is 5.95. The van der Waals surface area contributed by atoms with E-state index in [-0.39, 0.29) is 17.5 Å². The third-order valence-electron chi connectivity index (χ3n) is 2.98. The number of ether oxygens (including phenoxy) is 1. The minimum Gasteiger partial charge on any atom is -0.377 e. The summed E-state index contributed by atoms with van der Waals surface area (Å²) >= 11 is 0. The number of carbonyl (C=O) groups is 1. The molecule has 1 aromatic carbocycles. The van der Waals surface area contributed by atoms with Gasteiger partial charge in [-0.15, -0.1) is 0 Å². The fourth-order valence-electron chi connectivity index (χ4n) is 1.99. The van der Waals surface area contributed by atoms with Crippen LogP contribution in [0.5, 0.6) is 0 Å². The minimum atomic E-state index is -0.459. The van der Waals surface area contributed by atoms with E-state index < -0.39 is 5.82 Å². The van der Waals surface area contributed by atoms with Crippen LogP contribution in [0.3, 0.4) is 0 Å². The van der Waals surface area contributed by atoms with Crippen molar-refractivity contribution in [2.24, 2.45) is 0 Å². The maximum Gasteiger partial charge on any atom is 0.257 e. The van der Waals surface area contributed by atoms with Gasteiger partial charge in [0.1, 0.15) is 5.82 Å². The molecule has 0 radical (unpaired) electrons. The van der Waals surface area contributed by atoms with Crippen molar-refractivity contribution in [2.45, 2.75) is 19.9 Å². The Kier molecular flexibility index (Phi) is 3.43. The first kappa shape index (κ1) is 12.0. The van der Waals surface area contributed by atoms with Crippen molar-refractivity contribution in [3.63, 3.8) is 0 Å². The van der Waals surface area contributed by atoms with E-state index in [0.717, 1.165) is 5.56 Å². The van der Waals surface area contributed by atoms with Crippen molar-refractivity contribution in [1.82, 2.24) is 4.90 Å². The van der Waals surface area contributed by atoms with Crippen LogP contribution in [0.4, 0.5) is 4.39 Å². The van der Waals surface area contributed by atoms with Crippen LogP contribution >= 0.6 is 0 Å². The Labute approximate surface area is 100 Å². The van der Waals surface area contributed by atoms with Gasteiger partial charge in [-0.1, -0.05) is 11.6 Å². The predicted octanol–water partition coefficient (Wildman–Crippen LogP) is 2.00. The van der Waals surface area contributed by atoms with Gasteiger partial charge < -0.3 is 9.64 Å². The third kappa shape index (κ3) is 2.47. The van der Waals surface area contributed by atoms with Gasteiger partial charge in [0, 0.05) is 6.54 Å². The number of hydrogen-bond donors (Lipinski definition) is 0. The number of hydrogen-bond acceptors (Lipinski definition) is 2. The molecule has 0 spiro atoms. The highest BCUT2D eigenvalue weighted by atomic mass is 19.1. The molecule has 1 heterocycles. The van der Waals surface area contributed by atoms with Crippen LogP contribution in [0.2, 0.25) is 0 Å². The SMILES string of the molecule is Cc1ccc(F)c(C(=O)N2CCOC[C@H]2C)c1. The largest absolute Gasteiger partial charge is 0.377 e. The summed E-state index contributed by atoms with van der Waals surface area (Å²) in [7, 11) is 0. The second-order valence-corrected chi connectivity index (χ2v) is 4.41. The molecule has 3 nitrogen and oxygen atoms in total. The highest BCUT2D eigenvalue weighted by Gasteiger charge is 2.26. The van der Waals surface area contributed by atoms with E-state index in [1.165, 1.54) is 6.07 Å². The van der Waals surface area contributed by atoms with Gasteiger partial charge in [-0.3, -0.25) is 4.79 Å². The quantitative estimate of drug-likeness (QED) is 0.747. The van der Waals surface area contributed by atoms with Crippen LogP contribution in [0.25, 0.3) is 0 Å². The van der Waals surface area contributed by atoms with Crippen LogP contribution in [-0.4, -0.2) is 36.6 Å². The summed E-state index contributed by atoms with van der Waals surface area (Å²) in [5.41, 5.74) is 1.04. The van der Waals surface area contributed by atoms with Crippen LogP contribution in [0.1, 0.15) is 22.8 Å². The Bertz CT molecular complexity index is 433. The average Bonchev–Trinajstić information content (AvgIpc) is 2.32. The van der Waals surface area contributed by atoms with Crippen molar-refractivity contribution in [3.05, 3.63) is 35.1 Å². The third-order valence-corrected chi connectivity index (χ3v) is 2.98. The van der Waals surface area contributed by atoms with Crippen LogP contribution in [-0.2, 0) is 4.74 Å². The summed E-state index contributed by atoms with van der Waals surface area (Å²) in [6.45, 7) is 5.31. The molecule has 92 valence electrons. The molecule has 17 heavy (non-hydrogen) atoms. The van der Waals surface area contributed by atoms with Gasteiger partial charge in [-0.05, 0) is 26.0 Å². The van der Waals surface area contributed by atoms with Crippen molar-refractivity contribution >= 4 is 5.91 Å². The molecule has 4 heteroatoms. The summed E-state index contributed by atoms with van der Waals surface area (Å²) in [5.74, 6) is -0.707. The maximum atomic E-state index is 13.6. The van der Waals surface area contributed by atoms with E-state index >= 15 is 0 Å². The fourth-order valence-corrected chi connectivity index (χ4v) is 1.99. The smallest absolute Gasteiger partial charge is 0.257 e. The summed E-state index contributed by atoms with van der Waals surface area (Å²) in [6.07, 6.45) is 0. The van der Waals surface area contributed by atoms with E-state index in [2.05, 4.69) is 0 Å². The molecule has 2 rings (SSSR count). The molecule has 1 fully saturated rings. The van der Waals surface area contributed by atoms with E-state index in [0.29, 0.717) is 19.8 Å². The van der Waals surface area contributed by atoms with E-state index in [1.807, 2.05) is 13.8 Å². The molecule has 0 bridgehead atoms. The minimum absolute atomic E-state index is 0.00355. The molecule has 1 aromatic rings. The summed E-state index contributed by atoms with van der Waals surface area (Å²) in [6, 6.07) is 4.60. The Morgan fingerprint density at radius 3 is 3.00 bits per heavy atom.